The monoisotopic (exact) mass is 148 g/mol. The van der Waals surface area contributed by atoms with Crippen molar-refractivity contribution in [3.63, 3.8) is 0 Å². The van der Waals surface area contributed by atoms with Crippen LogP contribution in [0.25, 0.3) is 0 Å². The summed E-state index contributed by atoms with van der Waals surface area (Å²) in [7, 11) is -1.42. The third kappa shape index (κ3) is 5.02. The predicted octanol–water partition coefficient (Wildman–Crippen LogP) is -1.03. The average molecular weight is 148 g/mol. The second-order valence-corrected chi connectivity index (χ2v) is 2.89. The van der Waals surface area contributed by atoms with Crippen LogP contribution in [0.1, 0.15) is 0 Å². The Morgan fingerprint density at radius 2 is 1.50 bits per heavy atom. The standard InChI is InChI=1S/C2H7NO3S.Na/c1-3(2)7(4,5)6;/h1-2H3,(H,4,5,6);. The molecule has 0 spiro atoms. The Morgan fingerprint density at radius 3 is 1.50 bits per heavy atom. The number of rotatable bonds is 1. The van der Waals surface area contributed by atoms with Gasteiger partial charge in [-0.1, -0.05) is 0 Å². The molecular weight excluding hydrogens is 141 g/mol. The second-order valence-electron chi connectivity index (χ2n) is 1.26. The van der Waals surface area contributed by atoms with Gasteiger partial charge >= 0.3 is 10.3 Å². The van der Waals surface area contributed by atoms with Gasteiger partial charge in [-0.25, -0.2) is 0 Å². The molecule has 0 aliphatic rings. The largest absolute Gasteiger partial charge is 0.335 e. The minimum absolute atomic E-state index is 0. The van der Waals surface area contributed by atoms with Gasteiger partial charge in [0.05, 0.1) is 0 Å². The minimum Gasteiger partial charge on any atom is -0.273 e. The molecule has 0 saturated carbocycles. The molecule has 4 nitrogen and oxygen atoms in total. The zero-order valence-electron chi connectivity index (χ0n) is 5.12. The van der Waals surface area contributed by atoms with Gasteiger partial charge in [0, 0.05) is 43.7 Å². The van der Waals surface area contributed by atoms with E-state index in [-0.39, 0.29) is 29.6 Å². The molecule has 6 heteroatoms. The second kappa shape index (κ2) is 3.81. The maximum atomic E-state index is 9.81. The molecular formula is C2H7NNaO3S. The van der Waals surface area contributed by atoms with Crippen LogP contribution in [0, 0.1) is 0 Å². The van der Waals surface area contributed by atoms with E-state index < -0.39 is 10.3 Å². The molecule has 8 heavy (non-hydrogen) atoms. The average Bonchev–Trinajstić information content (AvgIpc) is 1.31. The van der Waals surface area contributed by atoms with Gasteiger partial charge < -0.3 is 0 Å². The summed E-state index contributed by atoms with van der Waals surface area (Å²) in [6, 6.07) is 0. The maximum absolute atomic E-state index is 9.81. The summed E-state index contributed by atoms with van der Waals surface area (Å²) in [5.74, 6) is 0. The molecule has 0 aliphatic carbocycles. The quantitative estimate of drug-likeness (QED) is 0.382. The van der Waals surface area contributed by atoms with E-state index in [0.717, 1.165) is 0 Å². The molecule has 0 aromatic heterocycles. The molecule has 0 aromatic carbocycles. The van der Waals surface area contributed by atoms with E-state index in [0.29, 0.717) is 4.31 Å². The van der Waals surface area contributed by atoms with Crippen LogP contribution >= 0.6 is 0 Å². The molecule has 0 bridgehead atoms. The molecule has 0 amide bonds. The van der Waals surface area contributed by atoms with Crippen molar-refractivity contribution in [2.45, 2.75) is 0 Å². The van der Waals surface area contributed by atoms with Crippen molar-refractivity contribution in [2.75, 3.05) is 14.1 Å². The first-order valence-corrected chi connectivity index (χ1v) is 2.99. The number of nitrogens with zero attached hydrogens (tertiary/aromatic N) is 1. The smallest absolute Gasteiger partial charge is 0.273 e. The first-order chi connectivity index (χ1) is 2.94. The molecule has 0 atom stereocenters. The van der Waals surface area contributed by atoms with E-state index in [9.17, 15) is 8.42 Å². The van der Waals surface area contributed by atoms with Crippen LogP contribution in [-0.2, 0) is 10.3 Å². The molecule has 0 aromatic rings. The minimum atomic E-state index is -3.91. The van der Waals surface area contributed by atoms with Crippen molar-refractivity contribution in [3.8, 4) is 0 Å². The first-order valence-electron chi connectivity index (χ1n) is 1.59. The summed E-state index contributed by atoms with van der Waals surface area (Å²) < 4.78 is 28.3. The Kier molecular flexibility index (Phi) is 5.55. The van der Waals surface area contributed by atoms with Gasteiger partial charge in [0.25, 0.3) is 0 Å². The fraction of sp³-hybridized carbons (Fsp3) is 1.00. The fourth-order valence-electron chi connectivity index (χ4n) is 0. The molecule has 0 heterocycles. The van der Waals surface area contributed by atoms with Crippen LogP contribution in [0.4, 0.5) is 0 Å². The van der Waals surface area contributed by atoms with E-state index >= 15 is 0 Å². The zero-order valence-corrected chi connectivity index (χ0v) is 7.94. The third-order valence-corrected chi connectivity index (χ3v) is 1.38. The van der Waals surface area contributed by atoms with E-state index in [1.807, 2.05) is 0 Å². The predicted molar refractivity (Wildman–Crippen MR) is 31.0 cm³/mol. The van der Waals surface area contributed by atoms with Crippen molar-refractivity contribution >= 4 is 39.9 Å². The van der Waals surface area contributed by atoms with E-state index in [2.05, 4.69) is 0 Å². The molecule has 45 valence electrons. The van der Waals surface area contributed by atoms with Crippen LogP contribution < -0.4 is 0 Å². The van der Waals surface area contributed by atoms with Gasteiger partial charge in [0.1, 0.15) is 0 Å². The molecule has 1 N–H and O–H groups in total. The first kappa shape index (κ1) is 11.6. The Morgan fingerprint density at radius 1 is 1.38 bits per heavy atom. The third-order valence-electron chi connectivity index (χ3n) is 0.461. The summed E-state index contributed by atoms with van der Waals surface area (Å²) in [6.07, 6.45) is 0. The van der Waals surface area contributed by atoms with Gasteiger partial charge in [-0.05, 0) is 0 Å². The van der Waals surface area contributed by atoms with E-state index in [1.54, 1.807) is 0 Å². The number of hydrogen-bond donors (Lipinski definition) is 1. The van der Waals surface area contributed by atoms with Gasteiger partial charge in [-0.2, -0.15) is 12.7 Å². The Labute approximate surface area is 71.0 Å². The fourth-order valence-corrected chi connectivity index (χ4v) is 0. The Bertz CT molecular complexity index is 139. The summed E-state index contributed by atoms with van der Waals surface area (Å²) >= 11 is 0. The van der Waals surface area contributed by atoms with Crippen molar-refractivity contribution in [1.29, 1.82) is 0 Å². The summed E-state index contributed by atoms with van der Waals surface area (Å²) in [5, 5.41) is 0. The van der Waals surface area contributed by atoms with Crippen molar-refractivity contribution in [1.82, 2.24) is 4.31 Å². The van der Waals surface area contributed by atoms with Crippen molar-refractivity contribution in [2.24, 2.45) is 0 Å². The molecule has 0 unspecified atom stereocenters. The molecule has 0 rings (SSSR count). The molecule has 0 fully saturated rings. The van der Waals surface area contributed by atoms with Gasteiger partial charge in [0.15, 0.2) is 0 Å². The Hall–Kier alpha value is 0.870. The van der Waals surface area contributed by atoms with Crippen LogP contribution in [-0.4, -0.2) is 60.9 Å². The van der Waals surface area contributed by atoms with Crippen molar-refractivity contribution in [3.05, 3.63) is 0 Å². The SMILES string of the molecule is CN(C)S(=O)(=O)O.[Na]. The molecule has 0 saturated heterocycles. The van der Waals surface area contributed by atoms with Crippen LogP contribution in [0.2, 0.25) is 0 Å². The molecule has 0 aliphatic heterocycles. The van der Waals surface area contributed by atoms with Crippen molar-refractivity contribution < 1.29 is 13.0 Å². The van der Waals surface area contributed by atoms with Crippen LogP contribution in [0.3, 0.4) is 0 Å². The Balaban J connectivity index is 0. The summed E-state index contributed by atoms with van der Waals surface area (Å²) in [4.78, 5) is 0. The van der Waals surface area contributed by atoms with Crippen LogP contribution in [0.5, 0.6) is 0 Å². The number of hydrogen-bond acceptors (Lipinski definition) is 2. The van der Waals surface area contributed by atoms with E-state index in [4.69, 9.17) is 4.55 Å². The van der Waals surface area contributed by atoms with Gasteiger partial charge in [-0.15, -0.1) is 0 Å². The zero-order chi connectivity index (χ0) is 6.08. The van der Waals surface area contributed by atoms with Crippen LogP contribution in [0.15, 0.2) is 0 Å². The summed E-state index contributed by atoms with van der Waals surface area (Å²) in [6.45, 7) is 0. The maximum Gasteiger partial charge on any atom is 0.335 e. The van der Waals surface area contributed by atoms with Gasteiger partial charge in [0.2, 0.25) is 0 Å². The normalized spacial score (nSPS) is 11.0. The topological polar surface area (TPSA) is 57.6 Å². The summed E-state index contributed by atoms with van der Waals surface area (Å²) in [5.41, 5.74) is 0. The van der Waals surface area contributed by atoms with E-state index in [1.165, 1.54) is 14.1 Å². The molecule has 1 radical (unpaired) electrons. The van der Waals surface area contributed by atoms with Gasteiger partial charge in [-0.3, -0.25) is 4.55 Å².